The SMILES string of the molecule is Cc1cc(Br)cc([C@@H](CC(C)C)N2CCNCC2)c1F. The van der Waals surface area contributed by atoms with Crippen molar-refractivity contribution in [1.82, 2.24) is 10.2 Å². The Balaban J connectivity index is 2.34. The van der Waals surface area contributed by atoms with E-state index in [0.717, 1.165) is 48.2 Å². The Bertz CT molecular complexity index is 456. The molecule has 2 rings (SSSR count). The molecule has 1 heterocycles. The summed E-state index contributed by atoms with van der Waals surface area (Å²) in [5, 5.41) is 3.37. The van der Waals surface area contributed by atoms with Crippen LogP contribution in [0.3, 0.4) is 0 Å². The average molecular weight is 343 g/mol. The number of nitrogens with one attached hydrogen (secondary N) is 1. The Hall–Kier alpha value is -0.450. The van der Waals surface area contributed by atoms with Crippen molar-refractivity contribution in [3.63, 3.8) is 0 Å². The van der Waals surface area contributed by atoms with Crippen LogP contribution in [0.25, 0.3) is 0 Å². The Morgan fingerprint density at radius 3 is 2.55 bits per heavy atom. The molecule has 20 heavy (non-hydrogen) atoms. The zero-order chi connectivity index (χ0) is 14.7. The van der Waals surface area contributed by atoms with Crippen LogP contribution in [0, 0.1) is 18.7 Å². The second kappa shape index (κ2) is 7.01. The molecule has 0 radical (unpaired) electrons. The summed E-state index contributed by atoms with van der Waals surface area (Å²) in [5.74, 6) is 0.506. The van der Waals surface area contributed by atoms with Crippen molar-refractivity contribution >= 4 is 15.9 Å². The first-order chi connectivity index (χ1) is 9.49. The van der Waals surface area contributed by atoms with Crippen LogP contribution in [0.5, 0.6) is 0 Å². The van der Waals surface area contributed by atoms with Crippen molar-refractivity contribution in [2.45, 2.75) is 33.2 Å². The number of piperazine rings is 1. The summed E-state index contributed by atoms with van der Waals surface area (Å²) in [4.78, 5) is 2.42. The maximum atomic E-state index is 14.6. The standard InChI is InChI=1S/C16H24BrFN2/c1-11(2)8-15(20-6-4-19-5-7-20)14-10-13(17)9-12(3)16(14)18/h9-11,15,19H,4-8H2,1-3H3/t15-/m1/s1. The predicted molar refractivity (Wildman–Crippen MR) is 85.5 cm³/mol. The molecule has 1 saturated heterocycles. The van der Waals surface area contributed by atoms with Crippen LogP contribution in [-0.4, -0.2) is 31.1 Å². The minimum atomic E-state index is -0.0441. The monoisotopic (exact) mass is 342 g/mol. The lowest BCUT2D eigenvalue weighted by atomic mass is 9.93. The third-order valence-corrected chi connectivity index (χ3v) is 4.35. The van der Waals surface area contributed by atoms with Gasteiger partial charge in [-0.1, -0.05) is 29.8 Å². The molecule has 0 bridgehead atoms. The van der Waals surface area contributed by atoms with Gasteiger partial charge in [0.2, 0.25) is 0 Å². The summed E-state index contributed by atoms with van der Waals surface area (Å²) in [6.07, 6.45) is 0.993. The molecule has 0 saturated carbocycles. The molecule has 1 aromatic carbocycles. The average Bonchev–Trinajstić information content (AvgIpc) is 2.41. The van der Waals surface area contributed by atoms with Crippen LogP contribution in [0.2, 0.25) is 0 Å². The molecule has 0 spiro atoms. The molecule has 4 heteroatoms. The van der Waals surface area contributed by atoms with Crippen molar-refractivity contribution in [2.75, 3.05) is 26.2 Å². The molecule has 1 aromatic rings. The van der Waals surface area contributed by atoms with Crippen LogP contribution in [0.15, 0.2) is 16.6 Å². The minimum absolute atomic E-state index is 0.0441. The molecule has 1 fully saturated rings. The lowest BCUT2D eigenvalue weighted by Gasteiger charge is -2.36. The molecule has 1 aliphatic heterocycles. The molecular formula is C16H24BrFN2. The van der Waals surface area contributed by atoms with Crippen LogP contribution < -0.4 is 5.32 Å². The van der Waals surface area contributed by atoms with E-state index in [1.165, 1.54) is 0 Å². The summed E-state index contributed by atoms with van der Waals surface area (Å²) in [6, 6.07) is 3.98. The third-order valence-electron chi connectivity index (χ3n) is 3.89. The van der Waals surface area contributed by atoms with E-state index >= 15 is 0 Å². The van der Waals surface area contributed by atoms with Gasteiger partial charge in [0.25, 0.3) is 0 Å². The maximum absolute atomic E-state index is 14.6. The van der Waals surface area contributed by atoms with Gasteiger partial charge in [-0.2, -0.15) is 0 Å². The molecule has 1 N–H and O–H groups in total. The summed E-state index contributed by atoms with van der Waals surface area (Å²) in [5.41, 5.74) is 1.56. The second-order valence-corrected chi connectivity index (χ2v) is 6.97. The lowest BCUT2D eigenvalue weighted by molar-refractivity contribution is 0.151. The molecule has 2 nitrogen and oxygen atoms in total. The summed E-state index contributed by atoms with van der Waals surface area (Å²) < 4.78 is 15.5. The zero-order valence-corrected chi connectivity index (χ0v) is 14.1. The van der Waals surface area contributed by atoms with Crippen molar-refractivity contribution < 1.29 is 4.39 Å². The van der Waals surface area contributed by atoms with Crippen LogP contribution in [0.4, 0.5) is 4.39 Å². The fourth-order valence-electron chi connectivity index (χ4n) is 2.91. The quantitative estimate of drug-likeness (QED) is 0.892. The molecule has 1 aliphatic rings. The smallest absolute Gasteiger partial charge is 0.130 e. The molecule has 1 atom stereocenters. The second-order valence-electron chi connectivity index (χ2n) is 6.06. The number of benzene rings is 1. The van der Waals surface area contributed by atoms with Gasteiger partial charge in [-0.15, -0.1) is 0 Å². The van der Waals surface area contributed by atoms with E-state index in [-0.39, 0.29) is 11.9 Å². The van der Waals surface area contributed by atoms with E-state index in [9.17, 15) is 4.39 Å². The van der Waals surface area contributed by atoms with E-state index in [0.29, 0.717) is 5.92 Å². The summed E-state index contributed by atoms with van der Waals surface area (Å²) >= 11 is 3.51. The third kappa shape index (κ3) is 3.80. The largest absolute Gasteiger partial charge is 0.314 e. The highest BCUT2D eigenvalue weighted by Crippen LogP contribution is 2.33. The number of aryl methyl sites for hydroxylation is 1. The Kier molecular flexibility index (Phi) is 5.58. The Morgan fingerprint density at radius 2 is 1.95 bits per heavy atom. The first kappa shape index (κ1) is 15.9. The zero-order valence-electron chi connectivity index (χ0n) is 12.5. The van der Waals surface area contributed by atoms with Gasteiger partial charge in [0.1, 0.15) is 5.82 Å². The highest BCUT2D eigenvalue weighted by Gasteiger charge is 2.26. The van der Waals surface area contributed by atoms with Gasteiger partial charge in [-0.05, 0) is 37.0 Å². The Morgan fingerprint density at radius 1 is 1.30 bits per heavy atom. The van der Waals surface area contributed by atoms with Crippen molar-refractivity contribution in [3.8, 4) is 0 Å². The van der Waals surface area contributed by atoms with Crippen molar-refractivity contribution in [1.29, 1.82) is 0 Å². The first-order valence-corrected chi connectivity index (χ1v) is 8.18. The minimum Gasteiger partial charge on any atom is -0.314 e. The lowest BCUT2D eigenvalue weighted by Crippen LogP contribution is -2.45. The molecular weight excluding hydrogens is 319 g/mol. The number of halogens is 2. The van der Waals surface area contributed by atoms with Crippen LogP contribution in [-0.2, 0) is 0 Å². The maximum Gasteiger partial charge on any atom is 0.130 e. The van der Waals surface area contributed by atoms with Gasteiger partial charge < -0.3 is 5.32 Å². The number of nitrogens with zero attached hydrogens (tertiary/aromatic N) is 1. The molecule has 112 valence electrons. The van der Waals surface area contributed by atoms with E-state index < -0.39 is 0 Å². The summed E-state index contributed by atoms with van der Waals surface area (Å²) in [6.45, 7) is 10.2. The Labute approximate surface area is 129 Å². The molecule has 0 aromatic heterocycles. The highest BCUT2D eigenvalue weighted by molar-refractivity contribution is 9.10. The molecule has 0 unspecified atom stereocenters. The fourth-order valence-corrected chi connectivity index (χ4v) is 3.50. The predicted octanol–water partition coefficient (Wildman–Crippen LogP) is 3.89. The van der Waals surface area contributed by atoms with E-state index in [1.54, 1.807) is 0 Å². The fraction of sp³-hybridized carbons (Fsp3) is 0.625. The topological polar surface area (TPSA) is 15.3 Å². The number of rotatable bonds is 4. The first-order valence-electron chi connectivity index (χ1n) is 7.39. The van der Waals surface area contributed by atoms with Crippen molar-refractivity contribution in [3.05, 3.63) is 33.5 Å². The highest BCUT2D eigenvalue weighted by atomic mass is 79.9. The molecule has 0 aliphatic carbocycles. The number of hydrogen-bond donors (Lipinski definition) is 1. The van der Waals surface area contributed by atoms with E-state index in [4.69, 9.17) is 0 Å². The van der Waals surface area contributed by atoms with Gasteiger partial charge in [0.15, 0.2) is 0 Å². The summed E-state index contributed by atoms with van der Waals surface area (Å²) in [7, 11) is 0. The van der Waals surface area contributed by atoms with Crippen molar-refractivity contribution in [2.24, 2.45) is 5.92 Å². The number of hydrogen-bond acceptors (Lipinski definition) is 2. The van der Waals surface area contributed by atoms with Crippen LogP contribution in [0.1, 0.15) is 37.4 Å². The normalized spacial score (nSPS) is 18.5. The van der Waals surface area contributed by atoms with Gasteiger partial charge in [-0.25, -0.2) is 4.39 Å². The van der Waals surface area contributed by atoms with E-state index in [1.807, 2.05) is 19.1 Å². The van der Waals surface area contributed by atoms with Crippen LogP contribution >= 0.6 is 15.9 Å². The van der Waals surface area contributed by atoms with Gasteiger partial charge in [0, 0.05) is 42.3 Å². The van der Waals surface area contributed by atoms with Gasteiger partial charge in [0.05, 0.1) is 0 Å². The van der Waals surface area contributed by atoms with Gasteiger partial charge in [-0.3, -0.25) is 4.90 Å². The van der Waals surface area contributed by atoms with Gasteiger partial charge >= 0.3 is 0 Å². The van der Waals surface area contributed by atoms with E-state index in [2.05, 4.69) is 40.0 Å². The molecule has 0 amide bonds.